The van der Waals surface area contributed by atoms with Crippen LogP contribution in [0.25, 0.3) is 11.0 Å². The summed E-state index contributed by atoms with van der Waals surface area (Å²) in [5.74, 6) is 1.76. The topological polar surface area (TPSA) is 89.9 Å². The zero-order valence-electron chi connectivity index (χ0n) is 18.0. The Bertz CT molecular complexity index is 1010. The van der Waals surface area contributed by atoms with Gasteiger partial charge in [0.2, 0.25) is 17.7 Å². The fraction of sp³-hybridized carbons (Fsp3) is 0.591. The highest BCUT2D eigenvalue weighted by atomic mass is 16.4. The van der Waals surface area contributed by atoms with Gasteiger partial charge in [0.05, 0.1) is 6.20 Å². The molecule has 3 aromatic heterocycles. The second-order valence-electron chi connectivity index (χ2n) is 8.38. The van der Waals surface area contributed by atoms with Gasteiger partial charge in [-0.15, -0.1) is 10.2 Å². The average Bonchev–Trinajstić information content (AvgIpc) is 3.39. The lowest BCUT2D eigenvalue weighted by atomic mass is 9.94. The number of carbonyl (C=O) groups is 1. The summed E-state index contributed by atoms with van der Waals surface area (Å²) in [6, 6.07) is 4.18. The van der Waals surface area contributed by atoms with Gasteiger partial charge in [-0.05, 0) is 31.4 Å². The molecule has 0 unspecified atom stereocenters. The van der Waals surface area contributed by atoms with Crippen LogP contribution in [0.2, 0.25) is 0 Å². The number of nitrogens with zero attached hydrogens (tertiary/aromatic N) is 6. The lowest BCUT2D eigenvalue weighted by Gasteiger charge is -2.32. The van der Waals surface area contributed by atoms with Crippen molar-refractivity contribution in [3.8, 4) is 0 Å². The number of amides is 1. The van der Waals surface area contributed by atoms with Crippen molar-refractivity contribution >= 4 is 16.9 Å². The minimum atomic E-state index is 0.140. The first-order valence-electron chi connectivity index (χ1n) is 11.0. The third-order valence-electron chi connectivity index (χ3n) is 5.66. The van der Waals surface area contributed by atoms with E-state index in [1.807, 2.05) is 29.6 Å². The van der Waals surface area contributed by atoms with E-state index < -0.39 is 0 Å². The van der Waals surface area contributed by atoms with E-state index in [2.05, 4.69) is 34.4 Å². The molecule has 1 saturated heterocycles. The van der Waals surface area contributed by atoms with Gasteiger partial charge in [0.1, 0.15) is 0 Å². The normalized spacial score (nSPS) is 17.2. The Kier molecular flexibility index (Phi) is 6.11. The molecule has 1 aliphatic heterocycles. The summed E-state index contributed by atoms with van der Waals surface area (Å²) in [6.45, 7) is 8.53. The molecular weight excluding hydrogens is 380 g/mol. The van der Waals surface area contributed by atoms with E-state index in [0.717, 1.165) is 49.1 Å². The molecule has 1 aliphatic rings. The monoisotopic (exact) mass is 410 g/mol. The van der Waals surface area contributed by atoms with Crippen molar-refractivity contribution < 1.29 is 9.21 Å². The number of aromatic nitrogens is 5. The molecule has 8 nitrogen and oxygen atoms in total. The van der Waals surface area contributed by atoms with Crippen molar-refractivity contribution in [2.75, 3.05) is 13.1 Å². The van der Waals surface area contributed by atoms with Crippen LogP contribution < -0.4 is 0 Å². The van der Waals surface area contributed by atoms with E-state index >= 15 is 0 Å². The zero-order chi connectivity index (χ0) is 21.1. The summed E-state index contributed by atoms with van der Waals surface area (Å²) < 4.78 is 7.60. The second kappa shape index (κ2) is 8.93. The fourth-order valence-electron chi connectivity index (χ4n) is 3.99. The summed E-state index contributed by atoms with van der Waals surface area (Å²) in [6.07, 6.45) is 5.81. The van der Waals surface area contributed by atoms with E-state index in [-0.39, 0.29) is 17.7 Å². The number of hydrogen-bond donors (Lipinski definition) is 0. The molecule has 4 heterocycles. The quantitative estimate of drug-likeness (QED) is 0.590. The highest BCUT2D eigenvalue weighted by Gasteiger charge is 2.26. The van der Waals surface area contributed by atoms with Crippen molar-refractivity contribution in [1.82, 2.24) is 29.9 Å². The summed E-state index contributed by atoms with van der Waals surface area (Å²) in [5.41, 5.74) is 1.99. The number of pyridine rings is 1. The van der Waals surface area contributed by atoms with Crippen LogP contribution >= 0.6 is 0 Å². The third-order valence-corrected chi connectivity index (χ3v) is 5.66. The number of hydrogen-bond acceptors (Lipinski definition) is 6. The summed E-state index contributed by atoms with van der Waals surface area (Å²) in [5, 5.41) is 13.6. The van der Waals surface area contributed by atoms with Gasteiger partial charge < -0.3 is 9.32 Å². The van der Waals surface area contributed by atoms with Crippen molar-refractivity contribution in [3.63, 3.8) is 0 Å². The molecule has 1 atom stereocenters. The average molecular weight is 411 g/mol. The van der Waals surface area contributed by atoms with Gasteiger partial charge in [-0.3, -0.25) is 4.79 Å². The lowest BCUT2D eigenvalue weighted by Crippen LogP contribution is -2.39. The van der Waals surface area contributed by atoms with E-state index in [1.165, 1.54) is 0 Å². The molecule has 0 bridgehead atoms. The first-order chi connectivity index (χ1) is 14.5. The van der Waals surface area contributed by atoms with Crippen LogP contribution in [0.15, 0.2) is 22.7 Å². The fourth-order valence-corrected chi connectivity index (χ4v) is 3.99. The van der Waals surface area contributed by atoms with Crippen LogP contribution in [-0.4, -0.2) is 48.9 Å². The molecule has 0 N–H and O–H groups in total. The van der Waals surface area contributed by atoms with Gasteiger partial charge in [0, 0.05) is 55.4 Å². The standard InChI is InChI=1S/C22H30N6O2/c1-4-11-28-21-16(13-23-28)7-8-18(24-21)17-6-5-12-27(14-17)20(29)10-9-19-25-26-22(30-19)15(2)3/h7-8,13,15,17H,4-6,9-12,14H2,1-3H3/t17-/m0/s1. The highest BCUT2D eigenvalue weighted by Crippen LogP contribution is 2.27. The van der Waals surface area contributed by atoms with E-state index in [0.29, 0.717) is 31.2 Å². The molecule has 4 rings (SSSR count). The van der Waals surface area contributed by atoms with Gasteiger partial charge in [0.25, 0.3) is 0 Å². The van der Waals surface area contributed by atoms with E-state index in [1.54, 1.807) is 0 Å². The van der Waals surface area contributed by atoms with Gasteiger partial charge in [-0.1, -0.05) is 20.8 Å². The van der Waals surface area contributed by atoms with Gasteiger partial charge in [-0.25, -0.2) is 9.67 Å². The van der Waals surface area contributed by atoms with Crippen LogP contribution in [0.4, 0.5) is 0 Å². The Morgan fingerprint density at radius 1 is 1.30 bits per heavy atom. The summed E-state index contributed by atoms with van der Waals surface area (Å²) in [7, 11) is 0. The minimum absolute atomic E-state index is 0.140. The predicted octanol–water partition coefficient (Wildman–Crippen LogP) is 3.69. The van der Waals surface area contributed by atoms with Crippen molar-refractivity contribution in [2.45, 2.75) is 71.3 Å². The molecule has 0 aromatic carbocycles. The molecule has 160 valence electrons. The van der Waals surface area contributed by atoms with Crippen LogP contribution in [-0.2, 0) is 17.8 Å². The largest absolute Gasteiger partial charge is 0.425 e. The zero-order valence-corrected chi connectivity index (χ0v) is 18.0. The second-order valence-corrected chi connectivity index (χ2v) is 8.38. The smallest absolute Gasteiger partial charge is 0.223 e. The molecule has 0 saturated carbocycles. The van der Waals surface area contributed by atoms with Crippen molar-refractivity contribution in [3.05, 3.63) is 35.8 Å². The van der Waals surface area contributed by atoms with Crippen LogP contribution in [0.5, 0.6) is 0 Å². The lowest BCUT2D eigenvalue weighted by molar-refractivity contribution is -0.132. The first-order valence-corrected chi connectivity index (χ1v) is 11.0. The van der Waals surface area contributed by atoms with Crippen LogP contribution in [0.3, 0.4) is 0 Å². The van der Waals surface area contributed by atoms with E-state index in [4.69, 9.17) is 9.40 Å². The Morgan fingerprint density at radius 2 is 2.17 bits per heavy atom. The summed E-state index contributed by atoms with van der Waals surface area (Å²) in [4.78, 5) is 19.7. The Balaban J connectivity index is 1.40. The van der Waals surface area contributed by atoms with Gasteiger partial charge >= 0.3 is 0 Å². The highest BCUT2D eigenvalue weighted by molar-refractivity contribution is 5.77. The Hall–Kier alpha value is -2.77. The van der Waals surface area contributed by atoms with Crippen molar-refractivity contribution in [1.29, 1.82) is 0 Å². The number of rotatable bonds is 7. The van der Waals surface area contributed by atoms with Gasteiger partial charge in [-0.2, -0.15) is 5.10 Å². The van der Waals surface area contributed by atoms with Crippen molar-refractivity contribution in [2.24, 2.45) is 0 Å². The van der Waals surface area contributed by atoms with Crippen LogP contribution in [0, 0.1) is 0 Å². The molecule has 1 amide bonds. The molecule has 3 aromatic rings. The first kappa shape index (κ1) is 20.5. The molecule has 1 fully saturated rings. The number of piperidine rings is 1. The molecular formula is C22H30N6O2. The summed E-state index contributed by atoms with van der Waals surface area (Å²) >= 11 is 0. The minimum Gasteiger partial charge on any atom is -0.425 e. The number of aryl methyl sites for hydroxylation is 2. The number of carbonyl (C=O) groups excluding carboxylic acids is 1. The maximum atomic E-state index is 12.8. The molecule has 0 radical (unpaired) electrons. The molecule has 0 aliphatic carbocycles. The number of fused-ring (bicyclic) bond motifs is 1. The molecule has 30 heavy (non-hydrogen) atoms. The Morgan fingerprint density at radius 3 is 2.93 bits per heavy atom. The van der Waals surface area contributed by atoms with Gasteiger partial charge in [0.15, 0.2) is 5.65 Å². The van der Waals surface area contributed by atoms with Crippen LogP contribution in [0.1, 0.15) is 75.8 Å². The maximum absolute atomic E-state index is 12.8. The SMILES string of the molecule is CCCn1ncc2ccc([C@H]3CCCN(C(=O)CCc4nnc(C(C)C)o4)C3)nc21. The van der Waals surface area contributed by atoms with E-state index in [9.17, 15) is 4.79 Å². The maximum Gasteiger partial charge on any atom is 0.223 e. The molecule has 0 spiro atoms. The Labute approximate surface area is 176 Å². The number of likely N-dealkylation sites (tertiary alicyclic amines) is 1. The molecule has 8 heteroatoms. The third kappa shape index (κ3) is 4.37. The predicted molar refractivity (Wildman–Crippen MR) is 113 cm³/mol.